The maximum atomic E-state index is 6.23. The van der Waals surface area contributed by atoms with Crippen molar-refractivity contribution in [3.8, 4) is 0 Å². The third-order valence-electron chi connectivity index (χ3n) is 2.21. The van der Waals surface area contributed by atoms with Gasteiger partial charge in [0.05, 0.1) is 5.02 Å². The van der Waals surface area contributed by atoms with E-state index in [-0.39, 0.29) is 0 Å². The number of thioether (sulfide) groups is 1. The second-order valence-electron chi connectivity index (χ2n) is 3.79. The molecule has 0 radical (unpaired) electrons. The van der Waals surface area contributed by atoms with Crippen molar-refractivity contribution in [3.05, 3.63) is 28.8 Å². The zero-order valence-corrected chi connectivity index (χ0v) is 11.6. The first kappa shape index (κ1) is 13.9. The van der Waals surface area contributed by atoms with Gasteiger partial charge in [0.2, 0.25) is 0 Å². The third-order valence-corrected chi connectivity index (χ3v) is 3.92. The van der Waals surface area contributed by atoms with Crippen LogP contribution in [-0.2, 0) is 6.54 Å². The third kappa shape index (κ3) is 4.77. The minimum Gasteiger partial charge on any atom is -0.313 e. The maximum Gasteiger partial charge on any atom is 0.0545 e. The Morgan fingerprint density at radius 3 is 2.69 bits per heavy atom. The molecule has 1 rings (SSSR count). The minimum atomic E-state index is 0.884. The van der Waals surface area contributed by atoms with E-state index in [1.807, 2.05) is 11.8 Å². The van der Waals surface area contributed by atoms with Gasteiger partial charge in [0.25, 0.3) is 0 Å². The van der Waals surface area contributed by atoms with Crippen molar-refractivity contribution in [2.45, 2.75) is 38.1 Å². The summed E-state index contributed by atoms with van der Waals surface area (Å²) in [5, 5.41) is 4.26. The van der Waals surface area contributed by atoms with E-state index >= 15 is 0 Å². The van der Waals surface area contributed by atoms with Gasteiger partial charge in [0.15, 0.2) is 0 Å². The highest BCUT2D eigenvalue weighted by molar-refractivity contribution is 7.99. The molecule has 0 fully saturated rings. The van der Waals surface area contributed by atoms with Gasteiger partial charge in [-0.15, -0.1) is 11.8 Å². The Morgan fingerprint density at radius 1 is 1.25 bits per heavy atom. The van der Waals surface area contributed by atoms with Crippen LogP contribution in [0.1, 0.15) is 32.3 Å². The summed E-state index contributed by atoms with van der Waals surface area (Å²) >= 11 is 8.06. The van der Waals surface area contributed by atoms with E-state index in [0.717, 1.165) is 30.3 Å². The van der Waals surface area contributed by atoms with Gasteiger partial charge in [-0.1, -0.05) is 31.5 Å². The average Bonchev–Trinajstić information content (AvgIpc) is 2.28. The Hall–Kier alpha value is -0.180. The molecule has 0 heterocycles. The van der Waals surface area contributed by atoms with Crippen LogP contribution in [0.5, 0.6) is 0 Å². The first-order valence-corrected chi connectivity index (χ1v) is 7.26. The van der Waals surface area contributed by atoms with Crippen molar-refractivity contribution >= 4 is 23.4 Å². The molecule has 0 aromatic heterocycles. The van der Waals surface area contributed by atoms with Crippen LogP contribution in [0.25, 0.3) is 0 Å². The summed E-state index contributed by atoms with van der Waals surface area (Å²) in [5.74, 6) is 1.13. The standard InChI is InChI=1S/C13H20ClNS/c1-3-7-15-10-11-5-6-13(12(14)9-11)16-8-4-2/h5-6,9,15H,3-4,7-8,10H2,1-2H3. The Labute approximate surface area is 108 Å². The first-order chi connectivity index (χ1) is 7.77. The largest absolute Gasteiger partial charge is 0.313 e. The lowest BCUT2D eigenvalue weighted by Gasteiger charge is -2.07. The highest BCUT2D eigenvalue weighted by atomic mass is 35.5. The van der Waals surface area contributed by atoms with Crippen LogP contribution in [0.2, 0.25) is 5.02 Å². The quantitative estimate of drug-likeness (QED) is 0.576. The molecule has 0 aliphatic carbocycles. The van der Waals surface area contributed by atoms with E-state index in [4.69, 9.17) is 11.6 Å². The Balaban J connectivity index is 2.53. The smallest absolute Gasteiger partial charge is 0.0545 e. The molecule has 1 N–H and O–H groups in total. The van der Waals surface area contributed by atoms with E-state index in [9.17, 15) is 0 Å². The number of rotatable bonds is 7. The van der Waals surface area contributed by atoms with Gasteiger partial charge in [-0.2, -0.15) is 0 Å². The van der Waals surface area contributed by atoms with Gasteiger partial charge < -0.3 is 5.32 Å². The van der Waals surface area contributed by atoms with Crippen molar-refractivity contribution < 1.29 is 0 Å². The van der Waals surface area contributed by atoms with Crippen molar-refractivity contribution in [2.24, 2.45) is 0 Å². The predicted octanol–water partition coefficient (Wildman–Crippen LogP) is 4.34. The van der Waals surface area contributed by atoms with Gasteiger partial charge >= 0.3 is 0 Å². The fourth-order valence-electron chi connectivity index (χ4n) is 1.39. The number of benzene rings is 1. The highest BCUT2D eigenvalue weighted by Gasteiger charge is 2.01. The van der Waals surface area contributed by atoms with Gasteiger partial charge in [-0.25, -0.2) is 0 Å². The summed E-state index contributed by atoms with van der Waals surface area (Å²) in [4.78, 5) is 1.20. The molecule has 0 saturated carbocycles. The van der Waals surface area contributed by atoms with E-state index in [1.165, 1.54) is 16.9 Å². The topological polar surface area (TPSA) is 12.0 Å². The van der Waals surface area contributed by atoms with Crippen LogP contribution in [0.15, 0.2) is 23.1 Å². The summed E-state index contributed by atoms with van der Waals surface area (Å²) in [6, 6.07) is 6.36. The second-order valence-corrected chi connectivity index (χ2v) is 5.33. The number of hydrogen-bond donors (Lipinski definition) is 1. The molecule has 0 aliphatic rings. The Kier molecular flexibility index (Phi) is 6.93. The molecule has 0 bridgehead atoms. The van der Waals surface area contributed by atoms with Crippen LogP contribution < -0.4 is 5.32 Å². The SMILES string of the molecule is CCCNCc1ccc(SCCC)c(Cl)c1. The molecule has 0 spiro atoms. The molecule has 0 amide bonds. The molecule has 1 aromatic rings. The highest BCUT2D eigenvalue weighted by Crippen LogP contribution is 2.28. The molecule has 90 valence electrons. The fraction of sp³-hybridized carbons (Fsp3) is 0.538. The molecule has 3 heteroatoms. The molecule has 16 heavy (non-hydrogen) atoms. The van der Waals surface area contributed by atoms with E-state index in [1.54, 1.807) is 0 Å². The van der Waals surface area contributed by atoms with Gasteiger partial charge in [0.1, 0.15) is 0 Å². The summed E-state index contributed by atoms with van der Waals surface area (Å²) in [7, 11) is 0. The summed E-state index contributed by atoms with van der Waals surface area (Å²) in [6.45, 7) is 6.32. The van der Waals surface area contributed by atoms with Crippen molar-refractivity contribution in [1.82, 2.24) is 5.32 Å². The predicted molar refractivity (Wildman–Crippen MR) is 74.5 cm³/mol. The number of nitrogens with one attached hydrogen (secondary N) is 1. The molecule has 0 unspecified atom stereocenters. The zero-order chi connectivity index (χ0) is 11.8. The lowest BCUT2D eigenvalue weighted by molar-refractivity contribution is 0.675. The molecule has 0 atom stereocenters. The molecule has 0 saturated heterocycles. The Morgan fingerprint density at radius 2 is 2.06 bits per heavy atom. The van der Waals surface area contributed by atoms with Crippen molar-refractivity contribution in [2.75, 3.05) is 12.3 Å². The molecule has 0 aliphatic heterocycles. The molecular weight excluding hydrogens is 238 g/mol. The molecule has 1 nitrogen and oxygen atoms in total. The van der Waals surface area contributed by atoms with Crippen molar-refractivity contribution in [3.63, 3.8) is 0 Å². The van der Waals surface area contributed by atoms with Gasteiger partial charge in [0, 0.05) is 11.4 Å². The average molecular weight is 258 g/mol. The van der Waals surface area contributed by atoms with Gasteiger partial charge in [-0.05, 0) is 42.8 Å². The summed E-state index contributed by atoms with van der Waals surface area (Å²) in [6.07, 6.45) is 2.35. The van der Waals surface area contributed by atoms with Crippen LogP contribution >= 0.6 is 23.4 Å². The van der Waals surface area contributed by atoms with Crippen LogP contribution in [0.4, 0.5) is 0 Å². The molecule has 1 aromatic carbocycles. The maximum absolute atomic E-state index is 6.23. The summed E-state index contributed by atoms with van der Waals surface area (Å²) in [5.41, 5.74) is 1.26. The second kappa shape index (κ2) is 7.99. The van der Waals surface area contributed by atoms with Crippen molar-refractivity contribution in [1.29, 1.82) is 0 Å². The Bertz CT molecular complexity index is 315. The van der Waals surface area contributed by atoms with Crippen LogP contribution in [-0.4, -0.2) is 12.3 Å². The van der Waals surface area contributed by atoms with E-state index < -0.39 is 0 Å². The number of hydrogen-bond acceptors (Lipinski definition) is 2. The first-order valence-electron chi connectivity index (χ1n) is 5.89. The fourth-order valence-corrected chi connectivity index (χ4v) is 2.54. The summed E-state index contributed by atoms with van der Waals surface area (Å²) < 4.78 is 0. The van der Waals surface area contributed by atoms with E-state index in [0.29, 0.717) is 0 Å². The van der Waals surface area contributed by atoms with Gasteiger partial charge in [-0.3, -0.25) is 0 Å². The lowest BCUT2D eigenvalue weighted by Crippen LogP contribution is -2.13. The van der Waals surface area contributed by atoms with E-state index in [2.05, 4.69) is 37.4 Å². The minimum absolute atomic E-state index is 0.884. The molecular formula is C13H20ClNS. The lowest BCUT2D eigenvalue weighted by atomic mass is 10.2. The zero-order valence-electron chi connectivity index (χ0n) is 10.1. The number of halogens is 1. The normalized spacial score (nSPS) is 10.7. The van der Waals surface area contributed by atoms with Crippen LogP contribution in [0, 0.1) is 0 Å². The monoisotopic (exact) mass is 257 g/mol. The van der Waals surface area contributed by atoms with Crippen LogP contribution in [0.3, 0.4) is 0 Å².